The first-order chi connectivity index (χ1) is 8.10. The second kappa shape index (κ2) is 4.92. The summed E-state index contributed by atoms with van der Waals surface area (Å²) >= 11 is 0. The van der Waals surface area contributed by atoms with Crippen molar-refractivity contribution < 1.29 is 14.3 Å². The number of nitrogens with zero attached hydrogens (tertiary/aromatic N) is 1. The van der Waals surface area contributed by atoms with Crippen LogP contribution >= 0.6 is 0 Å². The molecule has 2 rings (SSSR count). The summed E-state index contributed by atoms with van der Waals surface area (Å²) in [6.45, 7) is 6.23. The highest BCUT2D eigenvalue weighted by molar-refractivity contribution is 5.71. The van der Waals surface area contributed by atoms with Crippen molar-refractivity contribution >= 4 is 5.97 Å². The number of carboxylic acids is 1. The zero-order valence-electron chi connectivity index (χ0n) is 10.3. The van der Waals surface area contributed by atoms with Gasteiger partial charge < -0.3 is 9.52 Å². The molecule has 1 aromatic rings. The lowest BCUT2D eigenvalue weighted by Crippen LogP contribution is -2.22. The van der Waals surface area contributed by atoms with Gasteiger partial charge in [-0.3, -0.25) is 9.69 Å². The summed E-state index contributed by atoms with van der Waals surface area (Å²) in [4.78, 5) is 13.2. The van der Waals surface area contributed by atoms with Crippen LogP contribution in [0.25, 0.3) is 0 Å². The van der Waals surface area contributed by atoms with Gasteiger partial charge in [-0.15, -0.1) is 0 Å². The highest BCUT2D eigenvalue weighted by Crippen LogP contribution is 2.25. The van der Waals surface area contributed by atoms with E-state index in [-0.39, 0.29) is 11.8 Å². The number of aliphatic carboxylic acids is 1. The number of likely N-dealkylation sites (tertiary alicyclic amines) is 1. The second-order valence-corrected chi connectivity index (χ2v) is 4.84. The summed E-state index contributed by atoms with van der Waals surface area (Å²) in [5, 5.41) is 9.06. The van der Waals surface area contributed by atoms with Crippen LogP contribution in [0.15, 0.2) is 16.5 Å². The monoisotopic (exact) mass is 237 g/mol. The molecule has 0 saturated carbocycles. The summed E-state index contributed by atoms with van der Waals surface area (Å²) in [5.41, 5.74) is 0. The summed E-state index contributed by atoms with van der Waals surface area (Å²) in [5.74, 6) is 1.21. The van der Waals surface area contributed by atoms with Gasteiger partial charge in [0.05, 0.1) is 12.5 Å². The lowest BCUT2D eigenvalue weighted by Gasteiger charge is -2.12. The van der Waals surface area contributed by atoms with E-state index in [1.807, 2.05) is 19.1 Å². The van der Waals surface area contributed by atoms with Crippen LogP contribution in [-0.4, -0.2) is 29.1 Å². The van der Waals surface area contributed by atoms with E-state index in [0.29, 0.717) is 13.1 Å². The van der Waals surface area contributed by atoms with E-state index in [1.54, 1.807) is 0 Å². The summed E-state index contributed by atoms with van der Waals surface area (Å²) in [6.07, 6.45) is 0.897. The Morgan fingerprint density at radius 3 is 2.71 bits per heavy atom. The Kier molecular flexibility index (Phi) is 3.52. The number of hydrogen-bond donors (Lipinski definition) is 1. The molecule has 2 heterocycles. The minimum absolute atomic E-state index is 0.216. The van der Waals surface area contributed by atoms with E-state index in [9.17, 15) is 4.79 Å². The van der Waals surface area contributed by atoms with E-state index in [2.05, 4.69) is 11.8 Å². The van der Waals surface area contributed by atoms with Gasteiger partial charge in [-0.25, -0.2) is 0 Å². The van der Waals surface area contributed by atoms with Crippen molar-refractivity contribution in [1.29, 1.82) is 0 Å². The van der Waals surface area contributed by atoms with Crippen LogP contribution in [0.4, 0.5) is 0 Å². The van der Waals surface area contributed by atoms with Crippen LogP contribution in [0, 0.1) is 11.8 Å². The summed E-state index contributed by atoms with van der Waals surface area (Å²) in [7, 11) is 0. The van der Waals surface area contributed by atoms with Gasteiger partial charge in [-0.05, 0) is 18.1 Å². The van der Waals surface area contributed by atoms with Gasteiger partial charge in [0.15, 0.2) is 0 Å². The zero-order valence-corrected chi connectivity index (χ0v) is 10.3. The lowest BCUT2D eigenvalue weighted by atomic mass is 9.99. The Bertz CT molecular complexity index is 399. The van der Waals surface area contributed by atoms with E-state index >= 15 is 0 Å². The summed E-state index contributed by atoms with van der Waals surface area (Å²) < 4.78 is 5.64. The SMILES string of the molecule is CCc1ccc(CN2CC(C)C(C(=O)O)C2)o1. The van der Waals surface area contributed by atoms with Crippen LogP contribution in [0.2, 0.25) is 0 Å². The Morgan fingerprint density at radius 1 is 1.47 bits per heavy atom. The molecule has 0 amide bonds. The standard InChI is InChI=1S/C13H19NO3/c1-3-10-4-5-11(17-10)7-14-6-9(2)12(8-14)13(15)16/h4-5,9,12H,3,6-8H2,1-2H3,(H,15,16). The molecule has 1 aliphatic rings. The molecule has 0 aliphatic carbocycles. The molecule has 0 radical (unpaired) electrons. The van der Waals surface area contributed by atoms with Crippen molar-refractivity contribution in [3.05, 3.63) is 23.7 Å². The predicted octanol–water partition coefficient (Wildman–Crippen LogP) is 1.99. The lowest BCUT2D eigenvalue weighted by molar-refractivity contribution is -0.142. The van der Waals surface area contributed by atoms with Crippen molar-refractivity contribution in [1.82, 2.24) is 4.90 Å². The fourth-order valence-corrected chi connectivity index (χ4v) is 2.44. The highest BCUT2D eigenvalue weighted by Gasteiger charge is 2.34. The van der Waals surface area contributed by atoms with Crippen molar-refractivity contribution in [2.24, 2.45) is 11.8 Å². The molecule has 0 spiro atoms. The molecule has 94 valence electrons. The van der Waals surface area contributed by atoms with Crippen LogP contribution in [0.3, 0.4) is 0 Å². The fourth-order valence-electron chi connectivity index (χ4n) is 2.44. The van der Waals surface area contributed by atoms with E-state index in [4.69, 9.17) is 9.52 Å². The van der Waals surface area contributed by atoms with E-state index < -0.39 is 5.97 Å². The van der Waals surface area contributed by atoms with Crippen LogP contribution < -0.4 is 0 Å². The Labute approximate surface area is 101 Å². The van der Waals surface area contributed by atoms with Crippen LogP contribution in [0.5, 0.6) is 0 Å². The maximum absolute atomic E-state index is 11.0. The molecule has 4 heteroatoms. The molecule has 1 aromatic heterocycles. The first kappa shape index (κ1) is 12.2. The average Bonchev–Trinajstić information content (AvgIpc) is 2.85. The van der Waals surface area contributed by atoms with Gasteiger partial charge in [0.2, 0.25) is 0 Å². The molecule has 0 aromatic carbocycles. The molecule has 2 atom stereocenters. The quantitative estimate of drug-likeness (QED) is 0.870. The maximum atomic E-state index is 11.0. The molecular weight excluding hydrogens is 218 g/mol. The number of aryl methyl sites for hydroxylation is 1. The number of rotatable bonds is 4. The maximum Gasteiger partial charge on any atom is 0.308 e. The normalized spacial score (nSPS) is 25.3. The van der Waals surface area contributed by atoms with Crippen LogP contribution in [0.1, 0.15) is 25.4 Å². The third kappa shape index (κ3) is 2.69. The number of furan rings is 1. The van der Waals surface area contributed by atoms with Crippen molar-refractivity contribution in [2.75, 3.05) is 13.1 Å². The minimum atomic E-state index is -0.686. The molecule has 1 fully saturated rings. The van der Waals surface area contributed by atoms with Crippen LogP contribution in [-0.2, 0) is 17.8 Å². The number of hydrogen-bond acceptors (Lipinski definition) is 3. The van der Waals surface area contributed by atoms with Gasteiger partial charge in [0.25, 0.3) is 0 Å². The molecule has 1 aliphatic heterocycles. The topological polar surface area (TPSA) is 53.7 Å². The molecular formula is C13H19NO3. The third-order valence-corrected chi connectivity index (χ3v) is 3.45. The molecule has 17 heavy (non-hydrogen) atoms. The highest BCUT2D eigenvalue weighted by atomic mass is 16.4. The van der Waals surface area contributed by atoms with Gasteiger partial charge in [0.1, 0.15) is 11.5 Å². The first-order valence-corrected chi connectivity index (χ1v) is 6.13. The fraction of sp³-hybridized carbons (Fsp3) is 0.615. The minimum Gasteiger partial charge on any atom is -0.481 e. The second-order valence-electron chi connectivity index (χ2n) is 4.84. The predicted molar refractivity (Wildman–Crippen MR) is 63.7 cm³/mol. The molecule has 1 saturated heterocycles. The summed E-state index contributed by atoms with van der Waals surface area (Å²) in [6, 6.07) is 3.97. The zero-order chi connectivity index (χ0) is 12.4. The number of carboxylic acid groups (broad SMARTS) is 1. The Morgan fingerprint density at radius 2 is 2.18 bits per heavy atom. The molecule has 0 bridgehead atoms. The molecule has 2 unspecified atom stereocenters. The van der Waals surface area contributed by atoms with Gasteiger partial charge in [-0.1, -0.05) is 13.8 Å². The van der Waals surface area contributed by atoms with Crippen molar-refractivity contribution in [2.45, 2.75) is 26.8 Å². The molecule has 1 N–H and O–H groups in total. The molecule has 4 nitrogen and oxygen atoms in total. The third-order valence-electron chi connectivity index (χ3n) is 3.45. The van der Waals surface area contributed by atoms with Gasteiger partial charge >= 0.3 is 5.97 Å². The smallest absolute Gasteiger partial charge is 0.308 e. The Balaban J connectivity index is 1.95. The number of carbonyl (C=O) groups is 1. The Hall–Kier alpha value is -1.29. The van der Waals surface area contributed by atoms with Crippen molar-refractivity contribution in [3.8, 4) is 0 Å². The van der Waals surface area contributed by atoms with Gasteiger partial charge in [-0.2, -0.15) is 0 Å². The van der Waals surface area contributed by atoms with E-state index in [1.165, 1.54) is 0 Å². The largest absolute Gasteiger partial charge is 0.481 e. The van der Waals surface area contributed by atoms with Crippen molar-refractivity contribution in [3.63, 3.8) is 0 Å². The average molecular weight is 237 g/mol. The van der Waals surface area contributed by atoms with Gasteiger partial charge in [0, 0.05) is 19.5 Å². The van der Waals surface area contributed by atoms with E-state index in [0.717, 1.165) is 24.5 Å². The first-order valence-electron chi connectivity index (χ1n) is 6.13.